The van der Waals surface area contributed by atoms with E-state index in [2.05, 4.69) is 15.3 Å². The summed E-state index contributed by atoms with van der Waals surface area (Å²) in [6, 6.07) is 0.618. The molecule has 0 aliphatic heterocycles. The van der Waals surface area contributed by atoms with E-state index in [4.69, 9.17) is 0 Å². The molecule has 1 aromatic heterocycles. The molecule has 1 unspecified atom stereocenters. The van der Waals surface area contributed by atoms with Gasteiger partial charge in [0.05, 0.1) is 12.1 Å². The predicted molar refractivity (Wildman–Crippen MR) is 76.2 cm³/mol. The molecular weight excluding hydrogens is 258 g/mol. The molecule has 4 nitrogen and oxygen atoms in total. The second-order valence-corrected chi connectivity index (χ2v) is 6.78. The Morgan fingerprint density at radius 2 is 2.00 bits per heavy atom. The fourth-order valence-electron chi connectivity index (χ4n) is 2.42. The summed E-state index contributed by atoms with van der Waals surface area (Å²) in [6.07, 6.45) is 8.66. The lowest BCUT2D eigenvalue weighted by molar-refractivity contribution is 0.157. The number of nitrogens with one attached hydrogen (secondary N) is 1. The van der Waals surface area contributed by atoms with Crippen LogP contribution in [0.3, 0.4) is 0 Å². The van der Waals surface area contributed by atoms with Crippen molar-refractivity contribution < 1.29 is 5.11 Å². The molecule has 1 aromatic rings. The van der Waals surface area contributed by atoms with Crippen LogP contribution in [-0.4, -0.2) is 39.0 Å². The first-order chi connectivity index (χ1) is 9.22. The second kappa shape index (κ2) is 5.38. The van der Waals surface area contributed by atoms with E-state index >= 15 is 0 Å². The van der Waals surface area contributed by atoms with Crippen LogP contribution in [0.15, 0.2) is 17.6 Å². The van der Waals surface area contributed by atoms with Crippen molar-refractivity contribution in [1.82, 2.24) is 15.3 Å². The minimum absolute atomic E-state index is 0.125. The third-order valence-electron chi connectivity index (χ3n) is 3.93. The first-order valence-electron chi connectivity index (χ1n) is 7.02. The lowest BCUT2D eigenvalue weighted by atomic mass is 9.96. The number of aliphatic hydroxyl groups is 1. The van der Waals surface area contributed by atoms with Crippen LogP contribution in [0.5, 0.6) is 0 Å². The number of rotatable bonds is 7. The Morgan fingerprint density at radius 1 is 1.32 bits per heavy atom. The van der Waals surface area contributed by atoms with Crippen LogP contribution in [0, 0.1) is 12.8 Å². The zero-order valence-electron chi connectivity index (χ0n) is 11.3. The Bertz CT molecular complexity index is 431. The molecule has 0 aromatic carbocycles. The second-order valence-electron chi connectivity index (χ2n) is 5.84. The molecule has 2 fully saturated rings. The quantitative estimate of drug-likeness (QED) is 0.588. The monoisotopic (exact) mass is 279 g/mol. The molecule has 0 radical (unpaired) electrons. The Labute approximate surface area is 118 Å². The maximum atomic E-state index is 9.87. The van der Waals surface area contributed by atoms with Crippen LogP contribution in [-0.2, 0) is 0 Å². The average Bonchev–Trinajstić information content (AvgIpc) is 3.28. The zero-order valence-corrected chi connectivity index (χ0v) is 12.1. The highest BCUT2D eigenvalue weighted by Gasteiger charge is 2.47. The van der Waals surface area contributed by atoms with Crippen LogP contribution < -0.4 is 5.32 Å². The number of aryl methyl sites for hydroxylation is 1. The molecule has 3 rings (SSSR count). The van der Waals surface area contributed by atoms with Crippen molar-refractivity contribution >= 4 is 11.8 Å². The van der Waals surface area contributed by atoms with Gasteiger partial charge in [0, 0.05) is 24.2 Å². The lowest BCUT2D eigenvalue weighted by Gasteiger charge is -2.33. The maximum Gasteiger partial charge on any atom is 0.187 e. The van der Waals surface area contributed by atoms with E-state index in [1.54, 1.807) is 11.8 Å². The molecule has 0 saturated heterocycles. The van der Waals surface area contributed by atoms with Crippen molar-refractivity contribution in [3.05, 3.63) is 18.0 Å². The van der Waals surface area contributed by atoms with Crippen molar-refractivity contribution in [3.8, 4) is 0 Å². The van der Waals surface area contributed by atoms with E-state index in [-0.39, 0.29) is 12.1 Å². The number of aromatic nitrogens is 2. The molecular formula is C14H21N3OS. The summed E-state index contributed by atoms with van der Waals surface area (Å²) in [6.45, 7) is 2.21. The summed E-state index contributed by atoms with van der Waals surface area (Å²) < 4.78 is 0. The molecule has 2 aliphatic carbocycles. The third-order valence-corrected chi connectivity index (χ3v) is 5.05. The summed E-state index contributed by atoms with van der Waals surface area (Å²) in [4.78, 5) is 8.67. The van der Waals surface area contributed by atoms with Gasteiger partial charge in [-0.2, -0.15) is 0 Å². The van der Waals surface area contributed by atoms with Crippen molar-refractivity contribution in [2.24, 2.45) is 5.92 Å². The molecule has 5 heteroatoms. The van der Waals surface area contributed by atoms with E-state index in [1.807, 2.05) is 19.3 Å². The summed E-state index contributed by atoms with van der Waals surface area (Å²) in [5, 5.41) is 14.3. The van der Waals surface area contributed by atoms with Gasteiger partial charge in [0.2, 0.25) is 0 Å². The Kier molecular flexibility index (Phi) is 3.78. The topological polar surface area (TPSA) is 58.0 Å². The largest absolute Gasteiger partial charge is 0.394 e. The highest BCUT2D eigenvalue weighted by atomic mass is 32.2. The summed E-state index contributed by atoms with van der Waals surface area (Å²) >= 11 is 1.65. The fourth-order valence-corrected chi connectivity index (χ4v) is 3.47. The van der Waals surface area contributed by atoms with Crippen LogP contribution >= 0.6 is 11.8 Å². The first-order valence-corrected chi connectivity index (χ1v) is 8.00. The van der Waals surface area contributed by atoms with Gasteiger partial charge in [0.1, 0.15) is 0 Å². The molecule has 104 valence electrons. The van der Waals surface area contributed by atoms with Gasteiger partial charge in [-0.15, -0.1) is 0 Å². The molecule has 19 heavy (non-hydrogen) atoms. The molecule has 2 saturated carbocycles. The smallest absolute Gasteiger partial charge is 0.187 e. The van der Waals surface area contributed by atoms with Crippen molar-refractivity contribution in [3.63, 3.8) is 0 Å². The number of thioether (sulfide) groups is 1. The van der Waals surface area contributed by atoms with E-state index in [1.165, 1.54) is 25.7 Å². The van der Waals surface area contributed by atoms with Gasteiger partial charge >= 0.3 is 0 Å². The highest BCUT2D eigenvalue weighted by molar-refractivity contribution is 7.99. The van der Waals surface area contributed by atoms with Gasteiger partial charge in [-0.05, 0) is 44.1 Å². The number of aliphatic hydroxyl groups excluding tert-OH is 1. The van der Waals surface area contributed by atoms with Gasteiger partial charge in [-0.3, -0.25) is 0 Å². The van der Waals surface area contributed by atoms with Gasteiger partial charge in [0.15, 0.2) is 5.16 Å². The fraction of sp³-hybridized carbons (Fsp3) is 0.714. The van der Waals surface area contributed by atoms with Crippen molar-refractivity contribution in [2.75, 3.05) is 12.4 Å². The minimum Gasteiger partial charge on any atom is -0.394 e. The van der Waals surface area contributed by atoms with Gasteiger partial charge in [0.25, 0.3) is 0 Å². The van der Waals surface area contributed by atoms with Crippen LogP contribution in [0.25, 0.3) is 0 Å². The normalized spacial score (nSPS) is 22.2. The summed E-state index contributed by atoms with van der Waals surface area (Å²) in [7, 11) is 0. The lowest BCUT2D eigenvalue weighted by Crippen LogP contribution is -2.53. The van der Waals surface area contributed by atoms with Crippen LogP contribution in [0.2, 0.25) is 0 Å². The Hall–Kier alpha value is -0.650. The molecule has 0 bridgehead atoms. The number of nitrogens with zero attached hydrogens (tertiary/aromatic N) is 2. The molecule has 1 heterocycles. The van der Waals surface area contributed by atoms with Gasteiger partial charge < -0.3 is 10.4 Å². The first kappa shape index (κ1) is 13.3. The molecule has 2 N–H and O–H groups in total. The third kappa shape index (κ3) is 3.27. The van der Waals surface area contributed by atoms with Crippen molar-refractivity contribution in [2.45, 2.75) is 49.3 Å². The summed E-state index contributed by atoms with van der Waals surface area (Å²) in [5.74, 6) is 1.48. The zero-order chi connectivity index (χ0) is 13.3. The van der Waals surface area contributed by atoms with Crippen LogP contribution in [0.4, 0.5) is 0 Å². The maximum absolute atomic E-state index is 9.87. The molecule has 1 atom stereocenters. The average molecular weight is 279 g/mol. The van der Waals surface area contributed by atoms with E-state index in [0.29, 0.717) is 12.0 Å². The molecule has 2 aliphatic rings. The predicted octanol–water partition coefficient (Wildman–Crippen LogP) is 1.77. The summed E-state index contributed by atoms with van der Waals surface area (Å²) in [5.41, 5.74) is 0.955. The standard InChI is InChI=1S/C14H21N3OS/c1-10-6-15-13(16-7-10)19-9-14(8-18,11-2-3-11)17-12-4-5-12/h6-7,11-12,17-18H,2-5,8-9H2,1H3. The Morgan fingerprint density at radius 3 is 2.53 bits per heavy atom. The van der Waals surface area contributed by atoms with E-state index < -0.39 is 0 Å². The molecule has 0 amide bonds. The van der Waals surface area contributed by atoms with Crippen LogP contribution in [0.1, 0.15) is 31.2 Å². The molecule has 0 spiro atoms. The minimum atomic E-state index is -0.125. The number of hydrogen-bond acceptors (Lipinski definition) is 5. The SMILES string of the molecule is Cc1cnc(SCC(CO)(NC2CC2)C2CC2)nc1. The van der Waals surface area contributed by atoms with Gasteiger partial charge in [-0.25, -0.2) is 9.97 Å². The highest BCUT2D eigenvalue weighted by Crippen LogP contribution is 2.43. The Balaban J connectivity index is 1.64. The van der Waals surface area contributed by atoms with Gasteiger partial charge in [-0.1, -0.05) is 11.8 Å². The van der Waals surface area contributed by atoms with E-state index in [9.17, 15) is 5.11 Å². The van der Waals surface area contributed by atoms with E-state index in [0.717, 1.165) is 16.5 Å². The number of hydrogen-bond donors (Lipinski definition) is 2. The van der Waals surface area contributed by atoms with Crippen molar-refractivity contribution in [1.29, 1.82) is 0 Å².